The van der Waals surface area contributed by atoms with Gasteiger partial charge in [-0.1, -0.05) is 12.1 Å². The Balaban J connectivity index is 1.72. The fourth-order valence-corrected chi connectivity index (χ4v) is 2.77. The smallest absolute Gasteiger partial charge is 0.303 e. The van der Waals surface area contributed by atoms with Crippen LogP contribution in [-0.4, -0.2) is 42.2 Å². The lowest BCUT2D eigenvalue weighted by atomic mass is 9.95. The summed E-state index contributed by atoms with van der Waals surface area (Å²) in [4.78, 5) is 13.1. The van der Waals surface area contributed by atoms with Crippen LogP contribution >= 0.6 is 0 Å². The minimum absolute atomic E-state index is 0.287. The SMILES string of the molecule is Cc1cccc(OCCN2CCCC(CC(=O)O)C2)c1. The van der Waals surface area contributed by atoms with Crippen LogP contribution in [0.3, 0.4) is 0 Å². The summed E-state index contributed by atoms with van der Waals surface area (Å²) < 4.78 is 5.75. The minimum atomic E-state index is -0.687. The first-order chi connectivity index (χ1) is 9.63. The van der Waals surface area contributed by atoms with Gasteiger partial charge < -0.3 is 9.84 Å². The Hall–Kier alpha value is -1.55. The van der Waals surface area contributed by atoms with Crippen LogP contribution in [-0.2, 0) is 4.79 Å². The summed E-state index contributed by atoms with van der Waals surface area (Å²) in [7, 11) is 0. The zero-order valence-electron chi connectivity index (χ0n) is 12.0. The van der Waals surface area contributed by atoms with Gasteiger partial charge in [-0.3, -0.25) is 9.69 Å². The van der Waals surface area contributed by atoms with E-state index in [1.165, 1.54) is 5.56 Å². The van der Waals surface area contributed by atoms with Gasteiger partial charge in [-0.2, -0.15) is 0 Å². The molecule has 1 heterocycles. The largest absolute Gasteiger partial charge is 0.492 e. The number of hydrogen-bond donors (Lipinski definition) is 1. The Kier molecular flexibility index (Phi) is 5.41. The molecule has 1 fully saturated rings. The van der Waals surface area contributed by atoms with Gasteiger partial charge in [0.1, 0.15) is 12.4 Å². The zero-order chi connectivity index (χ0) is 14.4. The van der Waals surface area contributed by atoms with Gasteiger partial charge in [0.25, 0.3) is 0 Å². The first-order valence-corrected chi connectivity index (χ1v) is 7.27. The molecule has 0 radical (unpaired) electrons. The third kappa shape index (κ3) is 4.85. The molecule has 20 heavy (non-hydrogen) atoms. The number of carboxylic acids is 1. The molecule has 0 spiro atoms. The zero-order valence-corrected chi connectivity index (χ0v) is 12.0. The summed E-state index contributed by atoms with van der Waals surface area (Å²) in [5.41, 5.74) is 1.20. The molecule has 0 aliphatic carbocycles. The molecule has 4 heteroatoms. The van der Waals surface area contributed by atoms with E-state index >= 15 is 0 Å². The molecule has 1 unspecified atom stereocenters. The van der Waals surface area contributed by atoms with Crippen molar-refractivity contribution in [3.05, 3.63) is 29.8 Å². The summed E-state index contributed by atoms with van der Waals surface area (Å²) in [5.74, 6) is 0.511. The van der Waals surface area contributed by atoms with Gasteiger partial charge in [-0.15, -0.1) is 0 Å². The van der Waals surface area contributed by atoms with Crippen LogP contribution in [0.5, 0.6) is 5.75 Å². The molecule has 4 nitrogen and oxygen atoms in total. The average molecular weight is 277 g/mol. The van der Waals surface area contributed by atoms with Gasteiger partial charge in [0.2, 0.25) is 0 Å². The van der Waals surface area contributed by atoms with Crippen LogP contribution in [0.4, 0.5) is 0 Å². The van der Waals surface area contributed by atoms with E-state index in [2.05, 4.69) is 4.90 Å². The van der Waals surface area contributed by atoms with Crippen molar-refractivity contribution in [2.45, 2.75) is 26.2 Å². The highest BCUT2D eigenvalue weighted by molar-refractivity contribution is 5.67. The molecular weight excluding hydrogens is 254 g/mol. The molecule has 1 aromatic rings. The van der Waals surface area contributed by atoms with Gasteiger partial charge >= 0.3 is 5.97 Å². The predicted octanol–water partition coefficient (Wildman–Crippen LogP) is 2.56. The van der Waals surface area contributed by atoms with Crippen LogP contribution in [0.25, 0.3) is 0 Å². The molecule has 0 bridgehead atoms. The number of nitrogens with zero attached hydrogens (tertiary/aromatic N) is 1. The quantitative estimate of drug-likeness (QED) is 0.868. The molecule has 110 valence electrons. The van der Waals surface area contributed by atoms with Crippen molar-refractivity contribution < 1.29 is 14.6 Å². The molecule has 1 N–H and O–H groups in total. The van der Waals surface area contributed by atoms with Crippen molar-refractivity contribution in [1.29, 1.82) is 0 Å². The van der Waals surface area contributed by atoms with E-state index < -0.39 is 5.97 Å². The van der Waals surface area contributed by atoms with Crippen molar-refractivity contribution in [3.63, 3.8) is 0 Å². The van der Waals surface area contributed by atoms with Crippen LogP contribution in [0, 0.1) is 12.8 Å². The Morgan fingerprint density at radius 3 is 3.10 bits per heavy atom. The molecule has 1 aromatic carbocycles. The predicted molar refractivity (Wildman–Crippen MR) is 78.1 cm³/mol. The van der Waals surface area contributed by atoms with Crippen molar-refractivity contribution in [2.24, 2.45) is 5.92 Å². The highest BCUT2D eigenvalue weighted by Gasteiger charge is 2.21. The van der Waals surface area contributed by atoms with Gasteiger partial charge in [0.15, 0.2) is 0 Å². The number of ether oxygens (including phenoxy) is 1. The topological polar surface area (TPSA) is 49.8 Å². The average Bonchev–Trinajstić information content (AvgIpc) is 2.38. The lowest BCUT2D eigenvalue weighted by Crippen LogP contribution is -2.38. The van der Waals surface area contributed by atoms with E-state index in [0.29, 0.717) is 12.5 Å². The van der Waals surface area contributed by atoms with Gasteiger partial charge in [0.05, 0.1) is 0 Å². The van der Waals surface area contributed by atoms with E-state index in [4.69, 9.17) is 9.84 Å². The number of carbonyl (C=O) groups is 1. The van der Waals surface area contributed by atoms with Crippen LogP contribution in [0.1, 0.15) is 24.8 Å². The van der Waals surface area contributed by atoms with E-state index in [1.54, 1.807) is 0 Å². The number of carboxylic acid groups (broad SMARTS) is 1. The maximum absolute atomic E-state index is 10.8. The number of likely N-dealkylation sites (tertiary alicyclic amines) is 1. The molecular formula is C16H23NO3. The maximum Gasteiger partial charge on any atom is 0.303 e. The van der Waals surface area contributed by atoms with Crippen molar-refractivity contribution in [3.8, 4) is 5.75 Å². The standard InChI is InChI=1S/C16H23NO3/c1-13-4-2-6-15(10-13)20-9-8-17-7-3-5-14(12-17)11-16(18)19/h2,4,6,10,14H,3,5,7-9,11-12H2,1H3,(H,18,19). The molecule has 1 aliphatic heterocycles. The van der Waals surface area contributed by atoms with Crippen LogP contribution in [0.2, 0.25) is 0 Å². The van der Waals surface area contributed by atoms with E-state index in [0.717, 1.165) is 38.2 Å². The van der Waals surface area contributed by atoms with E-state index in [1.807, 2.05) is 31.2 Å². The molecule has 0 aromatic heterocycles. The highest BCUT2D eigenvalue weighted by atomic mass is 16.5. The lowest BCUT2D eigenvalue weighted by molar-refractivity contribution is -0.138. The Morgan fingerprint density at radius 2 is 2.35 bits per heavy atom. The number of benzene rings is 1. The summed E-state index contributed by atoms with van der Waals surface area (Å²) in [6, 6.07) is 8.04. The van der Waals surface area contributed by atoms with Gasteiger partial charge in [-0.25, -0.2) is 0 Å². The van der Waals surface area contributed by atoms with E-state index in [-0.39, 0.29) is 6.42 Å². The number of rotatable bonds is 6. The summed E-state index contributed by atoms with van der Waals surface area (Å²) in [5, 5.41) is 8.86. The second-order valence-corrected chi connectivity index (χ2v) is 5.57. The van der Waals surface area contributed by atoms with E-state index in [9.17, 15) is 4.79 Å². The van der Waals surface area contributed by atoms with Crippen molar-refractivity contribution in [2.75, 3.05) is 26.2 Å². The number of hydrogen-bond acceptors (Lipinski definition) is 3. The second-order valence-electron chi connectivity index (χ2n) is 5.57. The third-order valence-electron chi connectivity index (χ3n) is 3.73. The maximum atomic E-state index is 10.8. The monoisotopic (exact) mass is 277 g/mol. The van der Waals surface area contributed by atoms with Gasteiger partial charge in [-0.05, 0) is 49.9 Å². The molecule has 2 rings (SSSR count). The third-order valence-corrected chi connectivity index (χ3v) is 3.73. The lowest BCUT2D eigenvalue weighted by Gasteiger charge is -2.31. The van der Waals surface area contributed by atoms with Crippen LogP contribution < -0.4 is 4.74 Å². The molecule has 1 saturated heterocycles. The summed E-state index contributed by atoms with van der Waals surface area (Å²) in [6.07, 6.45) is 2.40. The normalized spacial score (nSPS) is 19.8. The number of aliphatic carboxylic acids is 1. The highest BCUT2D eigenvalue weighted by Crippen LogP contribution is 2.19. The fourth-order valence-electron chi connectivity index (χ4n) is 2.77. The molecule has 0 amide bonds. The fraction of sp³-hybridized carbons (Fsp3) is 0.562. The molecule has 0 saturated carbocycles. The Morgan fingerprint density at radius 1 is 1.50 bits per heavy atom. The number of piperidine rings is 1. The second kappa shape index (κ2) is 7.29. The summed E-state index contributed by atoms with van der Waals surface area (Å²) >= 11 is 0. The minimum Gasteiger partial charge on any atom is -0.492 e. The molecule has 1 atom stereocenters. The van der Waals surface area contributed by atoms with Crippen molar-refractivity contribution >= 4 is 5.97 Å². The van der Waals surface area contributed by atoms with Gasteiger partial charge in [0, 0.05) is 19.5 Å². The number of aryl methyl sites for hydroxylation is 1. The first-order valence-electron chi connectivity index (χ1n) is 7.27. The molecule has 1 aliphatic rings. The van der Waals surface area contributed by atoms with Crippen LogP contribution in [0.15, 0.2) is 24.3 Å². The van der Waals surface area contributed by atoms with Crippen molar-refractivity contribution in [1.82, 2.24) is 4.90 Å². The first kappa shape index (κ1) is 14.9. The summed E-state index contributed by atoms with van der Waals surface area (Å²) in [6.45, 7) is 5.50. The Labute approximate surface area is 120 Å². The Bertz CT molecular complexity index is 447.